The number of aliphatic hydroxyl groups excluding tert-OH is 3. The Kier molecular flexibility index (Phi) is 3.35. The van der Waals surface area contributed by atoms with Gasteiger partial charge in [0.1, 0.15) is 18.3 Å². The molecule has 0 radical (unpaired) electrons. The largest absolute Gasteiger partial charge is 0.396 e. The van der Waals surface area contributed by atoms with Crippen molar-refractivity contribution in [3.63, 3.8) is 0 Å². The molecule has 1 aromatic rings. The van der Waals surface area contributed by atoms with Crippen molar-refractivity contribution in [2.75, 3.05) is 12.3 Å². The lowest BCUT2D eigenvalue weighted by molar-refractivity contribution is -0.0548. The van der Waals surface area contributed by atoms with Gasteiger partial charge in [0, 0.05) is 6.20 Å². The van der Waals surface area contributed by atoms with Crippen LogP contribution in [0.4, 0.5) is 10.1 Å². The quantitative estimate of drug-likeness (QED) is 0.497. The van der Waals surface area contributed by atoms with E-state index in [1.807, 2.05) is 0 Å². The summed E-state index contributed by atoms with van der Waals surface area (Å²) in [6.07, 6.45) is -3.94. The van der Waals surface area contributed by atoms with Gasteiger partial charge in [-0.2, -0.15) is 4.39 Å². The minimum Gasteiger partial charge on any atom is -0.396 e. The van der Waals surface area contributed by atoms with E-state index >= 15 is 0 Å². The zero-order valence-corrected chi connectivity index (χ0v) is 9.23. The normalized spacial score (nSPS) is 31.8. The molecule has 0 aromatic carbocycles. The van der Waals surface area contributed by atoms with Crippen molar-refractivity contribution in [1.29, 1.82) is 0 Å². The van der Waals surface area contributed by atoms with Crippen molar-refractivity contribution >= 4 is 5.69 Å². The number of pyridine rings is 1. The summed E-state index contributed by atoms with van der Waals surface area (Å²) in [5.74, 6) is -1.16. The van der Waals surface area contributed by atoms with Crippen LogP contribution >= 0.6 is 0 Å². The molecular weight excluding hydrogens is 247 g/mol. The highest BCUT2D eigenvalue weighted by Crippen LogP contribution is 2.28. The number of halogens is 1. The molecule has 8 heteroatoms. The van der Waals surface area contributed by atoms with Crippen molar-refractivity contribution in [2.45, 2.75) is 24.5 Å². The van der Waals surface area contributed by atoms with Gasteiger partial charge in [-0.05, 0) is 6.07 Å². The van der Waals surface area contributed by atoms with E-state index < -0.39 is 42.5 Å². The molecule has 100 valence electrons. The second kappa shape index (κ2) is 4.65. The van der Waals surface area contributed by atoms with Crippen LogP contribution in [0.5, 0.6) is 0 Å². The molecule has 0 spiro atoms. The lowest BCUT2D eigenvalue weighted by Crippen LogP contribution is -2.36. The molecule has 2 heterocycles. The third kappa shape index (κ3) is 1.89. The Labute approximate surface area is 101 Å². The van der Waals surface area contributed by atoms with Crippen LogP contribution in [0, 0.1) is 5.82 Å². The number of hydrogen-bond donors (Lipinski definition) is 4. The molecule has 1 aliphatic rings. The molecule has 0 saturated carbocycles. The van der Waals surface area contributed by atoms with Crippen LogP contribution in [0.15, 0.2) is 17.1 Å². The minimum absolute atomic E-state index is 0.317. The Morgan fingerprint density at radius 2 is 2.11 bits per heavy atom. The first-order valence-corrected chi connectivity index (χ1v) is 5.26. The van der Waals surface area contributed by atoms with E-state index in [9.17, 15) is 19.4 Å². The lowest BCUT2D eigenvalue weighted by Gasteiger charge is -2.17. The lowest BCUT2D eigenvalue weighted by atomic mass is 10.1. The number of nitrogens with zero attached hydrogens (tertiary/aromatic N) is 1. The SMILES string of the molecule is Nc1ccn(C2OC(CO)C(O)C2O)c(=O)c1F. The standard InChI is InChI=1S/C10H13FN2O5/c11-6-4(12)1-2-13(9(6)17)10-8(16)7(15)5(3-14)18-10/h1-2,5,7-8,10,14-16H,3,12H2. The second-order valence-corrected chi connectivity index (χ2v) is 4.03. The van der Waals surface area contributed by atoms with Crippen molar-refractivity contribution < 1.29 is 24.4 Å². The molecule has 0 bridgehead atoms. The molecular formula is C10H13FN2O5. The van der Waals surface area contributed by atoms with E-state index in [2.05, 4.69) is 0 Å². The van der Waals surface area contributed by atoms with Gasteiger partial charge in [-0.1, -0.05) is 0 Å². The van der Waals surface area contributed by atoms with E-state index in [-0.39, 0.29) is 5.69 Å². The average molecular weight is 260 g/mol. The van der Waals surface area contributed by atoms with Gasteiger partial charge in [-0.3, -0.25) is 9.36 Å². The molecule has 1 aliphatic heterocycles. The maximum absolute atomic E-state index is 13.3. The fraction of sp³-hybridized carbons (Fsp3) is 0.500. The van der Waals surface area contributed by atoms with Gasteiger partial charge in [0.05, 0.1) is 12.3 Å². The molecule has 7 nitrogen and oxygen atoms in total. The number of ether oxygens (including phenoxy) is 1. The molecule has 1 aromatic heterocycles. The summed E-state index contributed by atoms with van der Waals surface area (Å²) >= 11 is 0. The third-order valence-electron chi connectivity index (χ3n) is 2.88. The number of nitrogens with two attached hydrogens (primary N) is 1. The smallest absolute Gasteiger partial charge is 0.290 e. The first-order valence-electron chi connectivity index (χ1n) is 5.26. The highest BCUT2D eigenvalue weighted by molar-refractivity contribution is 5.36. The molecule has 18 heavy (non-hydrogen) atoms. The summed E-state index contributed by atoms with van der Waals surface area (Å²) in [6, 6.07) is 1.14. The van der Waals surface area contributed by atoms with Crippen LogP contribution in [-0.2, 0) is 4.74 Å². The molecule has 0 aliphatic carbocycles. The molecule has 4 unspecified atom stereocenters. The Bertz CT molecular complexity index is 506. The van der Waals surface area contributed by atoms with Gasteiger partial charge in [-0.25, -0.2) is 0 Å². The number of aliphatic hydroxyl groups is 3. The maximum atomic E-state index is 13.3. The summed E-state index contributed by atoms with van der Waals surface area (Å²) < 4.78 is 19.2. The Hall–Kier alpha value is -1.48. The zero-order chi connectivity index (χ0) is 13.4. The van der Waals surface area contributed by atoms with Crippen LogP contribution in [0.25, 0.3) is 0 Å². The van der Waals surface area contributed by atoms with Gasteiger partial charge < -0.3 is 25.8 Å². The first-order chi connectivity index (χ1) is 8.47. The number of hydrogen-bond acceptors (Lipinski definition) is 6. The summed E-state index contributed by atoms with van der Waals surface area (Å²) in [6.45, 7) is -0.527. The van der Waals surface area contributed by atoms with E-state index in [1.54, 1.807) is 0 Å². The average Bonchev–Trinajstić information content (AvgIpc) is 2.64. The van der Waals surface area contributed by atoms with E-state index in [4.69, 9.17) is 15.6 Å². The Morgan fingerprint density at radius 1 is 1.44 bits per heavy atom. The highest BCUT2D eigenvalue weighted by Gasteiger charge is 2.43. The van der Waals surface area contributed by atoms with E-state index in [0.717, 1.165) is 16.8 Å². The van der Waals surface area contributed by atoms with Crippen molar-refractivity contribution in [1.82, 2.24) is 4.57 Å². The van der Waals surface area contributed by atoms with Gasteiger partial charge >= 0.3 is 0 Å². The van der Waals surface area contributed by atoms with Crippen LogP contribution in [0.2, 0.25) is 0 Å². The first kappa shape index (κ1) is 13.0. The predicted octanol–water partition coefficient (Wildman–Crippen LogP) is -1.82. The third-order valence-corrected chi connectivity index (χ3v) is 2.88. The van der Waals surface area contributed by atoms with Crippen LogP contribution in [0.1, 0.15) is 6.23 Å². The van der Waals surface area contributed by atoms with Gasteiger partial charge in [0.15, 0.2) is 6.23 Å². The summed E-state index contributed by atoms with van der Waals surface area (Å²) in [5.41, 5.74) is 3.84. The highest BCUT2D eigenvalue weighted by atomic mass is 19.1. The predicted molar refractivity (Wildman–Crippen MR) is 58.1 cm³/mol. The Balaban J connectivity index is 2.39. The molecule has 1 saturated heterocycles. The van der Waals surface area contributed by atoms with Crippen molar-refractivity contribution in [2.24, 2.45) is 0 Å². The van der Waals surface area contributed by atoms with Gasteiger partial charge in [0.25, 0.3) is 5.56 Å². The van der Waals surface area contributed by atoms with Crippen LogP contribution in [0.3, 0.4) is 0 Å². The van der Waals surface area contributed by atoms with E-state index in [1.165, 1.54) is 0 Å². The van der Waals surface area contributed by atoms with Crippen molar-refractivity contribution in [3.8, 4) is 0 Å². The van der Waals surface area contributed by atoms with E-state index in [0.29, 0.717) is 0 Å². The fourth-order valence-corrected chi connectivity index (χ4v) is 1.85. The summed E-state index contributed by atoms with van der Waals surface area (Å²) in [5, 5.41) is 28.1. The van der Waals surface area contributed by atoms with Crippen LogP contribution in [-0.4, -0.2) is 44.8 Å². The number of aromatic nitrogens is 1. The maximum Gasteiger partial charge on any atom is 0.290 e. The van der Waals surface area contributed by atoms with Crippen LogP contribution < -0.4 is 11.3 Å². The molecule has 1 fully saturated rings. The topological polar surface area (TPSA) is 118 Å². The monoisotopic (exact) mass is 260 g/mol. The zero-order valence-electron chi connectivity index (χ0n) is 9.23. The van der Waals surface area contributed by atoms with Gasteiger partial charge in [0.2, 0.25) is 5.82 Å². The molecule has 2 rings (SSSR count). The van der Waals surface area contributed by atoms with Crippen molar-refractivity contribution in [3.05, 3.63) is 28.4 Å². The van der Waals surface area contributed by atoms with Gasteiger partial charge in [-0.15, -0.1) is 0 Å². The molecule has 0 amide bonds. The Morgan fingerprint density at radius 3 is 2.67 bits per heavy atom. The molecule has 4 atom stereocenters. The minimum atomic E-state index is -1.44. The molecule has 5 N–H and O–H groups in total. The second-order valence-electron chi connectivity index (χ2n) is 4.03. The fourth-order valence-electron chi connectivity index (χ4n) is 1.85. The summed E-state index contributed by atoms with van der Waals surface area (Å²) in [7, 11) is 0. The number of rotatable bonds is 2. The summed E-state index contributed by atoms with van der Waals surface area (Å²) in [4.78, 5) is 11.6. The number of anilines is 1. The number of nitrogen functional groups attached to an aromatic ring is 1.